The maximum Gasteiger partial charge on any atom is 0.0198 e. The highest BCUT2D eigenvalue weighted by Gasteiger charge is 2.26. The van der Waals surface area contributed by atoms with Gasteiger partial charge >= 0.3 is 0 Å². The third-order valence-corrected chi connectivity index (χ3v) is 4.43. The van der Waals surface area contributed by atoms with Crippen LogP contribution in [0.2, 0.25) is 0 Å². The number of rotatable bonds is 5. The summed E-state index contributed by atoms with van der Waals surface area (Å²) in [7, 11) is 0. The highest BCUT2D eigenvalue weighted by atomic mass is 15.2. The molecule has 0 aromatic carbocycles. The predicted octanol–water partition coefficient (Wildman–Crippen LogP) is 1.65. The van der Waals surface area contributed by atoms with Crippen molar-refractivity contribution in [2.24, 2.45) is 11.8 Å². The Bertz CT molecular complexity index is 242. The summed E-state index contributed by atoms with van der Waals surface area (Å²) in [6, 6.07) is 0.724. The minimum atomic E-state index is 0.724. The second-order valence-electron chi connectivity index (χ2n) is 6.59. The summed E-state index contributed by atoms with van der Waals surface area (Å²) >= 11 is 0. The molecule has 2 fully saturated rings. The van der Waals surface area contributed by atoms with Gasteiger partial charge in [0.05, 0.1) is 0 Å². The molecule has 106 valence electrons. The topological polar surface area (TPSA) is 18.5 Å². The molecule has 0 aromatic heterocycles. The quantitative estimate of drug-likeness (QED) is 0.804. The molecule has 2 unspecified atom stereocenters. The highest BCUT2D eigenvalue weighted by molar-refractivity contribution is 4.83. The second-order valence-corrected chi connectivity index (χ2v) is 6.59. The molecule has 18 heavy (non-hydrogen) atoms. The fourth-order valence-electron chi connectivity index (χ4n) is 3.50. The van der Waals surface area contributed by atoms with Crippen LogP contribution < -0.4 is 5.32 Å². The molecule has 0 spiro atoms. The first-order chi connectivity index (χ1) is 8.67. The third-order valence-electron chi connectivity index (χ3n) is 4.43. The minimum Gasteiger partial charge on any atom is -0.311 e. The van der Waals surface area contributed by atoms with Gasteiger partial charge in [0.2, 0.25) is 0 Å². The Morgan fingerprint density at radius 1 is 1.17 bits per heavy atom. The average Bonchev–Trinajstić information content (AvgIpc) is 2.76. The summed E-state index contributed by atoms with van der Waals surface area (Å²) in [4.78, 5) is 5.30. The Balaban J connectivity index is 1.72. The van der Waals surface area contributed by atoms with Crippen molar-refractivity contribution < 1.29 is 0 Å². The fraction of sp³-hybridized carbons (Fsp3) is 1.00. The molecule has 2 saturated heterocycles. The van der Waals surface area contributed by atoms with E-state index in [4.69, 9.17) is 0 Å². The highest BCUT2D eigenvalue weighted by Crippen LogP contribution is 2.18. The van der Waals surface area contributed by atoms with Gasteiger partial charge < -0.3 is 15.1 Å². The van der Waals surface area contributed by atoms with E-state index in [1.807, 2.05) is 0 Å². The number of hydrogen-bond acceptors (Lipinski definition) is 3. The Morgan fingerprint density at radius 2 is 2.00 bits per heavy atom. The van der Waals surface area contributed by atoms with Crippen LogP contribution in [0.15, 0.2) is 0 Å². The van der Waals surface area contributed by atoms with Gasteiger partial charge in [-0.3, -0.25) is 0 Å². The van der Waals surface area contributed by atoms with E-state index in [0.717, 1.165) is 17.9 Å². The zero-order chi connectivity index (χ0) is 13.0. The van der Waals surface area contributed by atoms with Gasteiger partial charge in [0, 0.05) is 38.8 Å². The minimum absolute atomic E-state index is 0.724. The van der Waals surface area contributed by atoms with Crippen molar-refractivity contribution in [3.05, 3.63) is 0 Å². The third kappa shape index (κ3) is 4.22. The van der Waals surface area contributed by atoms with E-state index >= 15 is 0 Å². The van der Waals surface area contributed by atoms with Crippen LogP contribution in [0, 0.1) is 11.8 Å². The van der Waals surface area contributed by atoms with E-state index in [9.17, 15) is 0 Å². The van der Waals surface area contributed by atoms with Crippen molar-refractivity contribution in [2.45, 2.75) is 39.7 Å². The lowest BCUT2D eigenvalue weighted by molar-refractivity contribution is 0.162. The van der Waals surface area contributed by atoms with Crippen LogP contribution in [-0.4, -0.2) is 61.7 Å². The summed E-state index contributed by atoms with van der Waals surface area (Å²) in [5.74, 6) is 1.73. The van der Waals surface area contributed by atoms with Crippen LogP contribution in [-0.2, 0) is 0 Å². The average molecular weight is 253 g/mol. The summed E-state index contributed by atoms with van der Waals surface area (Å²) in [6.45, 7) is 15.8. The van der Waals surface area contributed by atoms with Gasteiger partial charge in [-0.1, -0.05) is 20.8 Å². The van der Waals surface area contributed by atoms with Crippen LogP contribution in [0.4, 0.5) is 0 Å². The summed E-state index contributed by atoms with van der Waals surface area (Å²) < 4.78 is 0. The fourth-order valence-corrected chi connectivity index (χ4v) is 3.50. The maximum absolute atomic E-state index is 3.67. The number of nitrogens with zero attached hydrogens (tertiary/aromatic N) is 2. The number of likely N-dealkylation sites (tertiary alicyclic amines) is 1. The standard InChI is InChI=1S/C15H31N3/c1-4-17-7-5-14(10-17)11-18-8-6-16-15(12-18)9-13(2)3/h13-16H,4-12H2,1-3H3. The Kier molecular flexibility index (Phi) is 5.46. The van der Waals surface area contributed by atoms with E-state index in [1.165, 1.54) is 58.7 Å². The van der Waals surface area contributed by atoms with E-state index in [2.05, 4.69) is 35.9 Å². The second kappa shape index (κ2) is 6.88. The van der Waals surface area contributed by atoms with E-state index in [-0.39, 0.29) is 0 Å². The Morgan fingerprint density at radius 3 is 2.67 bits per heavy atom. The molecule has 1 N–H and O–H groups in total. The molecule has 0 bridgehead atoms. The van der Waals surface area contributed by atoms with Crippen molar-refractivity contribution in [1.82, 2.24) is 15.1 Å². The van der Waals surface area contributed by atoms with E-state index in [0.29, 0.717) is 0 Å². The van der Waals surface area contributed by atoms with Gasteiger partial charge in [0.25, 0.3) is 0 Å². The zero-order valence-electron chi connectivity index (χ0n) is 12.5. The summed E-state index contributed by atoms with van der Waals surface area (Å²) in [6.07, 6.45) is 2.73. The van der Waals surface area contributed by atoms with Gasteiger partial charge in [-0.2, -0.15) is 0 Å². The smallest absolute Gasteiger partial charge is 0.0198 e. The maximum atomic E-state index is 3.67. The molecule has 2 aliphatic rings. The first-order valence-electron chi connectivity index (χ1n) is 7.85. The Labute approximate surface area is 113 Å². The SMILES string of the molecule is CCN1CCC(CN2CCNC(CC(C)C)C2)C1. The molecule has 3 heteroatoms. The molecule has 2 atom stereocenters. The van der Waals surface area contributed by atoms with Crippen LogP contribution in [0.3, 0.4) is 0 Å². The summed E-state index contributed by atoms with van der Waals surface area (Å²) in [5, 5.41) is 3.67. The largest absolute Gasteiger partial charge is 0.311 e. The first kappa shape index (κ1) is 14.3. The molecule has 2 heterocycles. The van der Waals surface area contributed by atoms with Gasteiger partial charge in [0.15, 0.2) is 0 Å². The number of hydrogen-bond donors (Lipinski definition) is 1. The molecule has 0 radical (unpaired) electrons. The molecule has 2 aliphatic heterocycles. The normalized spacial score (nSPS) is 31.3. The number of nitrogens with one attached hydrogen (secondary N) is 1. The van der Waals surface area contributed by atoms with E-state index < -0.39 is 0 Å². The van der Waals surface area contributed by atoms with Gasteiger partial charge in [0.1, 0.15) is 0 Å². The van der Waals surface area contributed by atoms with E-state index in [1.54, 1.807) is 0 Å². The summed E-state index contributed by atoms with van der Waals surface area (Å²) in [5.41, 5.74) is 0. The molecular formula is C15H31N3. The van der Waals surface area contributed by atoms with Crippen LogP contribution in [0.5, 0.6) is 0 Å². The molecule has 0 aromatic rings. The van der Waals surface area contributed by atoms with Gasteiger partial charge in [-0.15, -0.1) is 0 Å². The molecule has 0 saturated carbocycles. The number of piperazine rings is 1. The molecule has 0 amide bonds. The van der Waals surface area contributed by atoms with Gasteiger partial charge in [-0.05, 0) is 37.8 Å². The van der Waals surface area contributed by atoms with Crippen LogP contribution in [0.1, 0.15) is 33.6 Å². The lowest BCUT2D eigenvalue weighted by atomic mass is 10.0. The van der Waals surface area contributed by atoms with Crippen molar-refractivity contribution in [1.29, 1.82) is 0 Å². The molecule has 2 rings (SSSR count). The monoisotopic (exact) mass is 253 g/mol. The predicted molar refractivity (Wildman–Crippen MR) is 77.9 cm³/mol. The van der Waals surface area contributed by atoms with Crippen LogP contribution in [0.25, 0.3) is 0 Å². The lowest BCUT2D eigenvalue weighted by Crippen LogP contribution is -2.52. The van der Waals surface area contributed by atoms with Crippen molar-refractivity contribution >= 4 is 0 Å². The Hall–Kier alpha value is -0.120. The molecule has 0 aliphatic carbocycles. The van der Waals surface area contributed by atoms with Crippen molar-refractivity contribution in [3.8, 4) is 0 Å². The first-order valence-corrected chi connectivity index (χ1v) is 7.85. The molecule has 3 nitrogen and oxygen atoms in total. The lowest BCUT2D eigenvalue weighted by Gasteiger charge is -2.35. The molecular weight excluding hydrogens is 222 g/mol. The van der Waals surface area contributed by atoms with Crippen molar-refractivity contribution in [3.63, 3.8) is 0 Å². The zero-order valence-corrected chi connectivity index (χ0v) is 12.5. The van der Waals surface area contributed by atoms with Crippen LogP contribution >= 0.6 is 0 Å². The van der Waals surface area contributed by atoms with Crippen molar-refractivity contribution in [2.75, 3.05) is 45.8 Å². The van der Waals surface area contributed by atoms with Gasteiger partial charge in [-0.25, -0.2) is 0 Å².